The van der Waals surface area contributed by atoms with Gasteiger partial charge in [-0.15, -0.1) is 0 Å². The van der Waals surface area contributed by atoms with Crippen molar-refractivity contribution in [3.63, 3.8) is 0 Å². The molecule has 3 rings (SSSR count). The Morgan fingerprint density at radius 1 is 1.12 bits per heavy atom. The number of carbonyl (C=O) groups is 2. The van der Waals surface area contributed by atoms with Crippen LogP contribution in [0.2, 0.25) is 0 Å². The molecule has 2 N–H and O–H groups in total. The zero-order valence-electron chi connectivity index (χ0n) is 18.5. The van der Waals surface area contributed by atoms with E-state index in [9.17, 15) is 14.7 Å². The fourth-order valence-electron chi connectivity index (χ4n) is 3.65. The Bertz CT molecular complexity index is 983. The molecule has 0 radical (unpaired) electrons. The van der Waals surface area contributed by atoms with Gasteiger partial charge in [-0.05, 0) is 24.1 Å². The number of rotatable bonds is 9. The molecule has 170 valence electrons. The molecular weight excluding hydrogens is 414 g/mol. The molecule has 0 aromatic heterocycles. The molecule has 32 heavy (non-hydrogen) atoms. The highest BCUT2D eigenvalue weighted by molar-refractivity contribution is 6.04. The van der Waals surface area contributed by atoms with Gasteiger partial charge in [0.25, 0.3) is 0 Å². The summed E-state index contributed by atoms with van der Waals surface area (Å²) in [6.45, 7) is 1.39. The lowest BCUT2D eigenvalue weighted by atomic mass is 10.0. The summed E-state index contributed by atoms with van der Waals surface area (Å²) in [6.07, 6.45) is -0.0132. The zero-order chi connectivity index (χ0) is 23.3. The quantitative estimate of drug-likeness (QED) is 0.614. The van der Waals surface area contributed by atoms with E-state index in [0.717, 1.165) is 5.56 Å². The minimum absolute atomic E-state index is 0.276. The van der Waals surface area contributed by atoms with Crippen LogP contribution in [0.5, 0.6) is 17.2 Å². The lowest BCUT2D eigenvalue weighted by molar-refractivity contribution is -0.141. The second-order valence-electron chi connectivity index (χ2n) is 7.29. The Kier molecular flexibility index (Phi) is 7.32. The fourth-order valence-corrected chi connectivity index (χ4v) is 3.65. The van der Waals surface area contributed by atoms with Crippen molar-refractivity contribution in [3.05, 3.63) is 53.6 Å². The van der Waals surface area contributed by atoms with E-state index in [4.69, 9.17) is 14.2 Å². The first-order valence-corrected chi connectivity index (χ1v) is 10.1. The van der Waals surface area contributed by atoms with E-state index in [1.54, 1.807) is 12.1 Å². The number of carbonyl (C=O) groups excluding carboxylic acids is 1. The van der Waals surface area contributed by atoms with E-state index in [1.165, 1.54) is 33.3 Å². The van der Waals surface area contributed by atoms with Crippen molar-refractivity contribution >= 4 is 17.6 Å². The van der Waals surface area contributed by atoms with E-state index < -0.39 is 18.2 Å². The molecule has 0 bridgehead atoms. The van der Waals surface area contributed by atoms with Crippen molar-refractivity contribution < 1.29 is 28.9 Å². The van der Waals surface area contributed by atoms with Crippen LogP contribution >= 0.6 is 0 Å². The van der Waals surface area contributed by atoms with Crippen molar-refractivity contribution in [2.24, 2.45) is 5.10 Å². The summed E-state index contributed by atoms with van der Waals surface area (Å²) < 4.78 is 16.2. The van der Waals surface area contributed by atoms with E-state index in [2.05, 4.69) is 10.4 Å². The van der Waals surface area contributed by atoms with Crippen LogP contribution in [0.25, 0.3) is 0 Å². The SMILES string of the molecule is COc1cc(C2=NN(C(C)=O)C(NC(Cc3ccccc3)C(=O)O)C2)cc(OC)c1OC. The number of hydrogen-bond acceptors (Lipinski definition) is 7. The molecule has 2 atom stereocenters. The second-order valence-corrected chi connectivity index (χ2v) is 7.29. The van der Waals surface area contributed by atoms with Gasteiger partial charge < -0.3 is 19.3 Å². The third-order valence-electron chi connectivity index (χ3n) is 5.21. The van der Waals surface area contributed by atoms with Crippen LogP contribution in [-0.2, 0) is 16.0 Å². The maximum absolute atomic E-state index is 12.3. The Hall–Kier alpha value is -3.59. The molecule has 9 nitrogen and oxygen atoms in total. The van der Waals surface area contributed by atoms with Gasteiger partial charge in [0, 0.05) is 18.9 Å². The average molecular weight is 441 g/mol. The normalized spacial score (nSPS) is 16.3. The van der Waals surface area contributed by atoms with Crippen molar-refractivity contribution in [1.29, 1.82) is 0 Å². The lowest BCUT2D eigenvalue weighted by Gasteiger charge is -2.25. The lowest BCUT2D eigenvalue weighted by Crippen LogP contribution is -2.51. The largest absolute Gasteiger partial charge is 0.493 e. The highest BCUT2D eigenvalue weighted by Gasteiger charge is 2.34. The topological polar surface area (TPSA) is 110 Å². The highest BCUT2D eigenvalue weighted by atomic mass is 16.5. The number of hydrogen-bond donors (Lipinski definition) is 2. The zero-order valence-corrected chi connectivity index (χ0v) is 18.5. The molecule has 0 fully saturated rings. The second kappa shape index (κ2) is 10.1. The Labute approximate surface area is 186 Å². The molecule has 2 unspecified atom stereocenters. The maximum atomic E-state index is 12.3. The number of hydrazone groups is 1. The summed E-state index contributed by atoms with van der Waals surface area (Å²) in [7, 11) is 4.55. The van der Waals surface area contributed by atoms with E-state index >= 15 is 0 Å². The summed E-state index contributed by atoms with van der Waals surface area (Å²) in [5.41, 5.74) is 2.16. The predicted molar refractivity (Wildman–Crippen MR) is 118 cm³/mol. The van der Waals surface area contributed by atoms with Gasteiger partial charge in [0.2, 0.25) is 11.7 Å². The van der Waals surface area contributed by atoms with Crippen LogP contribution < -0.4 is 19.5 Å². The number of ether oxygens (including phenoxy) is 3. The standard InChI is InChI=1S/C23H27N3O6/c1-14(27)26-21(24-18(23(28)29)10-15-8-6-5-7-9-15)13-17(25-26)16-11-19(30-2)22(32-4)20(12-16)31-3/h5-9,11-12,18,21,24H,10,13H2,1-4H3,(H,28,29). The van der Waals surface area contributed by atoms with Crippen LogP contribution in [0.3, 0.4) is 0 Å². The molecule has 0 spiro atoms. The van der Waals surface area contributed by atoms with Crippen LogP contribution in [0.4, 0.5) is 0 Å². The summed E-state index contributed by atoms with van der Waals surface area (Å²) >= 11 is 0. The average Bonchev–Trinajstić information content (AvgIpc) is 3.22. The number of aliphatic carboxylic acids is 1. The van der Waals surface area contributed by atoms with E-state index in [0.29, 0.717) is 34.9 Å². The van der Waals surface area contributed by atoms with E-state index in [-0.39, 0.29) is 12.3 Å². The van der Waals surface area contributed by atoms with Gasteiger partial charge in [-0.2, -0.15) is 5.10 Å². The van der Waals surface area contributed by atoms with Crippen LogP contribution in [0, 0.1) is 0 Å². The van der Waals surface area contributed by atoms with Crippen LogP contribution in [0.1, 0.15) is 24.5 Å². The smallest absolute Gasteiger partial charge is 0.321 e. The van der Waals surface area contributed by atoms with Gasteiger partial charge in [0.05, 0.1) is 27.0 Å². The molecule has 1 aliphatic heterocycles. The fraction of sp³-hybridized carbons (Fsp3) is 0.348. The first kappa shape index (κ1) is 23.1. The van der Waals surface area contributed by atoms with Crippen molar-refractivity contribution in [2.75, 3.05) is 21.3 Å². The van der Waals surface area contributed by atoms with Gasteiger partial charge in [-0.1, -0.05) is 30.3 Å². The van der Waals surface area contributed by atoms with Gasteiger partial charge >= 0.3 is 5.97 Å². The molecule has 2 aromatic rings. The van der Waals surface area contributed by atoms with Gasteiger partial charge in [0.15, 0.2) is 11.5 Å². The minimum atomic E-state index is -1.00. The van der Waals surface area contributed by atoms with Crippen molar-refractivity contribution in [1.82, 2.24) is 10.3 Å². The summed E-state index contributed by atoms with van der Waals surface area (Å²) in [5.74, 6) is 0.0716. The molecule has 1 heterocycles. The molecular formula is C23H27N3O6. The Balaban J connectivity index is 1.87. The first-order valence-electron chi connectivity index (χ1n) is 10.1. The number of carboxylic acid groups (broad SMARTS) is 1. The van der Waals surface area contributed by atoms with Crippen molar-refractivity contribution in [2.45, 2.75) is 32.0 Å². The highest BCUT2D eigenvalue weighted by Crippen LogP contribution is 2.39. The maximum Gasteiger partial charge on any atom is 0.321 e. The molecule has 0 aliphatic carbocycles. The first-order chi connectivity index (χ1) is 15.4. The van der Waals surface area contributed by atoms with Crippen LogP contribution in [-0.4, -0.2) is 61.2 Å². The number of carboxylic acids is 1. The predicted octanol–water partition coefficient (Wildman–Crippen LogP) is 2.28. The van der Waals surface area contributed by atoms with Crippen LogP contribution in [0.15, 0.2) is 47.6 Å². The summed E-state index contributed by atoms with van der Waals surface area (Å²) in [6, 6.07) is 11.9. The number of amides is 1. The van der Waals surface area contributed by atoms with Gasteiger partial charge in [-0.3, -0.25) is 14.9 Å². The molecule has 0 saturated carbocycles. The summed E-state index contributed by atoms with van der Waals surface area (Å²) in [4.78, 5) is 24.2. The molecule has 1 amide bonds. The van der Waals surface area contributed by atoms with Gasteiger partial charge in [-0.25, -0.2) is 5.01 Å². The molecule has 9 heteroatoms. The Morgan fingerprint density at radius 2 is 1.75 bits per heavy atom. The van der Waals surface area contributed by atoms with E-state index in [1.807, 2.05) is 30.3 Å². The summed E-state index contributed by atoms with van der Waals surface area (Å²) in [5, 5.41) is 18.6. The van der Waals surface area contributed by atoms with Gasteiger partial charge in [0.1, 0.15) is 12.2 Å². The number of methoxy groups -OCH3 is 3. The van der Waals surface area contributed by atoms with Crippen molar-refractivity contribution in [3.8, 4) is 17.2 Å². The third-order valence-corrected chi connectivity index (χ3v) is 5.21. The number of nitrogens with zero attached hydrogens (tertiary/aromatic N) is 2. The minimum Gasteiger partial charge on any atom is -0.493 e. The monoisotopic (exact) mass is 441 g/mol. The third kappa shape index (κ3) is 5.00. The number of benzene rings is 2. The molecule has 0 saturated heterocycles. The molecule has 2 aromatic carbocycles. The number of nitrogens with one attached hydrogen (secondary N) is 1. The Morgan fingerprint density at radius 3 is 2.25 bits per heavy atom. The molecule has 1 aliphatic rings.